The minimum atomic E-state index is 0.412. The van der Waals surface area contributed by atoms with Gasteiger partial charge in [0.1, 0.15) is 5.82 Å². The minimum absolute atomic E-state index is 0.412. The maximum absolute atomic E-state index is 5.63. The van der Waals surface area contributed by atoms with Gasteiger partial charge in [-0.15, -0.1) is 0 Å². The molecular formula is C7H11N3. The van der Waals surface area contributed by atoms with Gasteiger partial charge in [-0.25, -0.2) is 4.98 Å². The average molecular weight is 137 g/mol. The van der Waals surface area contributed by atoms with Crippen molar-refractivity contribution in [3.63, 3.8) is 0 Å². The van der Waals surface area contributed by atoms with Gasteiger partial charge < -0.3 is 10.7 Å². The second-order valence-corrected chi connectivity index (χ2v) is 2.90. The van der Waals surface area contributed by atoms with Crippen LogP contribution in [0.4, 0.5) is 0 Å². The summed E-state index contributed by atoms with van der Waals surface area (Å²) < 4.78 is 0. The van der Waals surface area contributed by atoms with E-state index >= 15 is 0 Å². The standard InChI is InChI=1S/C7H11N3/c8-6-3-5(4-6)7-9-1-2-10-7/h1-2,5-6H,3-4,8H2,(H,9,10)/t5-,6+. The molecule has 0 spiro atoms. The number of nitrogens with one attached hydrogen (secondary N) is 1. The van der Waals surface area contributed by atoms with Crippen LogP contribution in [0, 0.1) is 0 Å². The Labute approximate surface area is 59.7 Å². The van der Waals surface area contributed by atoms with E-state index in [-0.39, 0.29) is 0 Å². The monoisotopic (exact) mass is 137 g/mol. The Kier molecular flexibility index (Phi) is 1.24. The van der Waals surface area contributed by atoms with Crippen LogP contribution in [0.25, 0.3) is 0 Å². The summed E-state index contributed by atoms with van der Waals surface area (Å²) in [6, 6.07) is 0.412. The summed E-state index contributed by atoms with van der Waals surface area (Å²) >= 11 is 0. The Morgan fingerprint density at radius 2 is 2.40 bits per heavy atom. The fourth-order valence-electron chi connectivity index (χ4n) is 1.39. The van der Waals surface area contributed by atoms with E-state index in [1.165, 1.54) is 0 Å². The third kappa shape index (κ3) is 0.827. The number of hydrogen-bond acceptors (Lipinski definition) is 2. The first-order valence-electron chi connectivity index (χ1n) is 3.61. The van der Waals surface area contributed by atoms with Crippen molar-refractivity contribution in [1.29, 1.82) is 0 Å². The van der Waals surface area contributed by atoms with Gasteiger partial charge in [-0.2, -0.15) is 0 Å². The molecule has 3 nitrogen and oxygen atoms in total. The van der Waals surface area contributed by atoms with Crippen molar-refractivity contribution in [2.24, 2.45) is 5.73 Å². The third-order valence-electron chi connectivity index (χ3n) is 2.08. The van der Waals surface area contributed by atoms with Gasteiger partial charge in [-0.3, -0.25) is 0 Å². The molecule has 1 aromatic heterocycles. The van der Waals surface area contributed by atoms with Gasteiger partial charge >= 0.3 is 0 Å². The number of imidazole rings is 1. The summed E-state index contributed by atoms with van der Waals surface area (Å²) in [4.78, 5) is 7.25. The molecule has 10 heavy (non-hydrogen) atoms. The van der Waals surface area contributed by atoms with Gasteiger partial charge in [0.05, 0.1) is 0 Å². The number of aromatic nitrogens is 2. The Balaban J connectivity index is 2.04. The highest BCUT2D eigenvalue weighted by atomic mass is 14.9. The van der Waals surface area contributed by atoms with Crippen molar-refractivity contribution in [1.82, 2.24) is 9.97 Å². The van der Waals surface area contributed by atoms with E-state index < -0.39 is 0 Å². The van der Waals surface area contributed by atoms with Crippen LogP contribution in [-0.2, 0) is 0 Å². The highest BCUT2D eigenvalue weighted by molar-refractivity contribution is 5.04. The maximum Gasteiger partial charge on any atom is 0.109 e. The molecule has 1 aliphatic carbocycles. The van der Waals surface area contributed by atoms with Gasteiger partial charge in [0.15, 0.2) is 0 Å². The lowest BCUT2D eigenvalue weighted by Crippen LogP contribution is -2.35. The molecular weight excluding hydrogens is 126 g/mol. The van der Waals surface area contributed by atoms with Crippen molar-refractivity contribution in [2.75, 3.05) is 0 Å². The minimum Gasteiger partial charge on any atom is -0.348 e. The molecule has 1 aliphatic rings. The first kappa shape index (κ1) is 5.92. The first-order valence-corrected chi connectivity index (χ1v) is 3.61. The summed E-state index contributed by atoms with van der Waals surface area (Å²) in [5, 5.41) is 0. The molecule has 54 valence electrons. The molecule has 3 heteroatoms. The summed E-state index contributed by atoms with van der Waals surface area (Å²) in [6.07, 6.45) is 5.83. The molecule has 3 N–H and O–H groups in total. The van der Waals surface area contributed by atoms with Gasteiger partial charge in [0.2, 0.25) is 0 Å². The highest BCUT2D eigenvalue weighted by Crippen LogP contribution is 2.33. The lowest BCUT2D eigenvalue weighted by Gasteiger charge is -2.30. The number of nitrogens with two attached hydrogens (primary N) is 1. The molecule has 0 unspecified atom stereocenters. The molecule has 0 aromatic carbocycles. The van der Waals surface area contributed by atoms with Crippen LogP contribution in [0.15, 0.2) is 12.4 Å². The summed E-state index contributed by atoms with van der Waals surface area (Å²) in [5.41, 5.74) is 5.63. The Morgan fingerprint density at radius 1 is 1.60 bits per heavy atom. The zero-order chi connectivity index (χ0) is 6.97. The van der Waals surface area contributed by atoms with Crippen LogP contribution >= 0.6 is 0 Å². The average Bonchev–Trinajstić information content (AvgIpc) is 2.31. The van der Waals surface area contributed by atoms with Gasteiger partial charge in [-0.1, -0.05) is 0 Å². The zero-order valence-electron chi connectivity index (χ0n) is 5.75. The number of hydrogen-bond donors (Lipinski definition) is 2. The molecule has 1 heterocycles. The van der Waals surface area contributed by atoms with E-state index in [2.05, 4.69) is 9.97 Å². The van der Waals surface area contributed by atoms with E-state index in [1.807, 2.05) is 6.20 Å². The molecule has 0 bridgehead atoms. The van der Waals surface area contributed by atoms with E-state index in [9.17, 15) is 0 Å². The fraction of sp³-hybridized carbons (Fsp3) is 0.571. The molecule has 1 aromatic rings. The lowest BCUT2D eigenvalue weighted by molar-refractivity contribution is 0.340. The molecule has 0 radical (unpaired) electrons. The molecule has 0 atom stereocenters. The molecule has 0 aliphatic heterocycles. The lowest BCUT2D eigenvalue weighted by atomic mass is 9.80. The number of H-pyrrole nitrogens is 1. The molecule has 1 saturated carbocycles. The normalized spacial score (nSPS) is 31.7. The van der Waals surface area contributed by atoms with Crippen molar-refractivity contribution < 1.29 is 0 Å². The largest absolute Gasteiger partial charge is 0.348 e. The predicted molar refractivity (Wildman–Crippen MR) is 38.5 cm³/mol. The fourth-order valence-corrected chi connectivity index (χ4v) is 1.39. The van der Waals surface area contributed by atoms with Gasteiger partial charge in [-0.05, 0) is 12.8 Å². The molecule has 0 saturated heterocycles. The van der Waals surface area contributed by atoms with Crippen molar-refractivity contribution >= 4 is 0 Å². The van der Waals surface area contributed by atoms with Crippen molar-refractivity contribution in [3.8, 4) is 0 Å². The predicted octanol–water partition coefficient (Wildman–Crippen LogP) is 0.614. The van der Waals surface area contributed by atoms with E-state index in [4.69, 9.17) is 5.73 Å². The second-order valence-electron chi connectivity index (χ2n) is 2.90. The third-order valence-corrected chi connectivity index (χ3v) is 2.08. The van der Waals surface area contributed by atoms with Crippen LogP contribution in [0.3, 0.4) is 0 Å². The van der Waals surface area contributed by atoms with Crippen LogP contribution in [-0.4, -0.2) is 16.0 Å². The van der Waals surface area contributed by atoms with Crippen LogP contribution in [0.5, 0.6) is 0 Å². The van der Waals surface area contributed by atoms with Crippen LogP contribution in [0.1, 0.15) is 24.6 Å². The second kappa shape index (κ2) is 2.09. The number of aromatic amines is 1. The Morgan fingerprint density at radius 3 is 2.90 bits per heavy atom. The Bertz CT molecular complexity index is 199. The van der Waals surface area contributed by atoms with E-state index in [0.717, 1.165) is 18.7 Å². The van der Waals surface area contributed by atoms with Gasteiger partial charge in [0, 0.05) is 24.4 Å². The molecule has 0 amide bonds. The van der Waals surface area contributed by atoms with E-state index in [0.29, 0.717) is 12.0 Å². The topological polar surface area (TPSA) is 54.7 Å². The van der Waals surface area contributed by atoms with Gasteiger partial charge in [0.25, 0.3) is 0 Å². The maximum atomic E-state index is 5.63. The quantitative estimate of drug-likeness (QED) is 0.596. The number of nitrogens with zero attached hydrogens (tertiary/aromatic N) is 1. The SMILES string of the molecule is N[C@H]1C[C@@H](c2ncc[nH]2)C1. The van der Waals surface area contributed by atoms with Crippen LogP contribution in [0.2, 0.25) is 0 Å². The number of rotatable bonds is 1. The molecule has 1 fully saturated rings. The summed E-state index contributed by atoms with van der Waals surface area (Å²) in [7, 11) is 0. The van der Waals surface area contributed by atoms with Crippen LogP contribution < -0.4 is 5.73 Å². The summed E-state index contributed by atoms with van der Waals surface area (Å²) in [5.74, 6) is 1.70. The zero-order valence-corrected chi connectivity index (χ0v) is 5.75. The van der Waals surface area contributed by atoms with Crippen molar-refractivity contribution in [2.45, 2.75) is 24.8 Å². The summed E-state index contributed by atoms with van der Waals surface area (Å²) in [6.45, 7) is 0. The molecule has 2 rings (SSSR count). The smallest absolute Gasteiger partial charge is 0.109 e. The Hall–Kier alpha value is -0.830. The first-order chi connectivity index (χ1) is 4.86. The van der Waals surface area contributed by atoms with E-state index in [1.54, 1.807) is 6.20 Å². The highest BCUT2D eigenvalue weighted by Gasteiger charge is 2.28. The van der Waals surface area contributed by atoms with Crippen molar-refractivity contribution in [3.05, 3.63) is 18.2 Å².